The molecule has 8 heteroatoms. The average molecular weight is 344 g/mol. The molecule has 0 fully saturated rings. The first-order valence-electron chi connectivity index (χ1n) is 7.62. The van der Waals surface area contributed by atoms with E-state index in [4.69, 9.17) is 0 Å². The van der Waals surface area contributed by atoms with Crippen LogP contribution in [0.2, 0.25) is 0 Å². The van der Waals surface area contributed by atoms with Crippen LogP contribution in [-0.4, -0.2) is 46.8 Å². The Bertz CT molecular complexity index is 605. The van der Waals surface area contributed by atoms with Crippen molar-refractivity contribution in [3.05, 3.63) is 35.6 Å². The lowest BCUT2D eigenvalue weighted by molar-refractivity contribution is 0.585. The third-order valence-corrected chi connectivity index (χ3v) is 3.69. The summed E-state index contributed by atoms with van der Waals surface area (Å²) < 4.78 is 37.8. The molecule has 23 heavy (non-hydrogen) atoms. The highest BCUT2D eigenvalue weighted by molar-refractivity contribution is 7.88. The Kier molecular flexibility index (Phi) is 8.57. The SMILES string of the molecule is CCNC(=NCCCNS(C)(=O)=O)NCCc1ccccc1F. The second-order valence-electron chi connectivity index (χ2n) is 5.05. The first kappa shape index (κ1) is 19.4. The van der Waals surface area contributed by atoms with Crippen molar-refractivity contribution in [2.45, 2.75) is 19.8 Å². The fourth-order valence-corrected chi connectivity index (χ4v) is 2.40. The Labute approximate surface area is 137 Å². The van der Waals surface area contributed by atoms with Crippen LogP contribution in [0.3, 0.4) is 0 Å². The molecule has 0 spiro atoms. The van der Waals surface area contributed by atoms with E-state index in [2.05, 4.69) is 20.3 Å². The maximum Gasteiger partial charge on any atom is 0.208 e. The number of nitrogens with zero attached hydrogens (tertiary/aromatic N) is 1. The lowest BCUT2D eigenvalue weighted by Crippen LogP contribution is -2.38. The Morgan fingerprint density at radius 2 is 1.96 bits per heavy atom. The molecule has 0 aliphatic carbocycles. The second-order valence-corrected chi connectivity index (χ2v) is 6.88. The van der Waals surface area contributed by atoms with Crippen molar-refractivity contribution in [2.24, 2.45) is 4.99 Å². The van der Waals surface area contributed by atoms with Gasteiger partial charge >= 0.3 is 0 Å². The fraction of sp³-hybridized carbons (Fsp3) is 0.533. The minimum absolute atomic E-state index is 0.205. The van der Waals surface area contributed by atoms with Gasteiger partial charge in [0.25, 0.3) is 0 Å². The maximum atomic E-state index is 13.5. The predicted molar refractivity (Wildman–Crippen MR) is 91.5 cm³/mol. The summed E-state index contributed by atoms with van der Waals surface area (Å²) in [6.07, 6.45) is 2.30. The number of benzene rings is 1. The molecular weight excluding hydrogens is 319 g/mol. The fourth-order valence-electron chi connectivity index (χ4n) is 1.89. The molecule has 0 bridgehead atoms. The zero-order valence-electron chi connectivity index (χ0n) is 13.6. The van der Waals surface area contributed by atoms with Gasteiger partial charge in [0.15, 0.2) is 5.96 Å². The molecule has 0 unspecified atom stereocenters. The van der Waals surface area contributed by atoms with Crippen LogP contribution >= 0.6 is 0 Å². The van der Waals surface area contributed by atoms with Crippen LogP contribution in [0, 0.1) is 5.82 Å². The van der Waals surface area contributed by atoms with Gasteiger partial charge in [-0.2, -0.15) is 0 Å². The number of halogens is 1. The van der Waals surface area contributed by atoms with Crippen molar-refractivity contribution in [1.29, 1.82) is 0 Å². The molecule has 0 heterocycles. The van der Waals surface area contributed by atoms with Crippen LogP contribution in [0.4, 0.5) is 4.39 Å². The third kappa shape index (κ3) is 9.14. The Hall–Kier alpha value is -1.67. The van der Waals surface area contributed by atoms with Crippen LogP contribution in [0.1, 0.15) is 18.9 Å². The highest BCUT2D eigenvalue weighted by Crippen LogP contribution is 2.05. The number of hydrogen-bond acceptors (Lipinski definition) is 3. The number of aliphatic imine (C=N–C) groups is 1. The van der Waals surface area contributed by atoms with E-state index < -0.39 is 10.0 Å². The van der Waals surface area contributed by atoms with Crippen LogP contribution < -0.4 is 15.4 Å². The zero-order chi connectivity index (χ0) is 17.1. The standard InChI is InChI=1S/C15H25FN4O2S/c1-3-17-15(18-10-6-11-20-23(2,21)22)19-12-9-13-7-4-5-8-14(13)16/h4-5,7-8,20H,3,6,9-12H2,1-2H3,(H2,17,18,19). The monoisotopic (exact) mass is 344 g/mol. The molecule has 0 atom stereocenters. The van der Waals surface area contributed by atoms with Crippen molar-refractivity contribution in [2.75, 3.05) is 32.4 Å². The number of hydrogen-bond donors (Lipinski definition) is 3. The molecule has 130 valence electrons. The highest BCUT2D eigenvalue weighted by Gasteiger charge is 2.02. The first-order chi connectivity index (χ1) is 10.9. The summed E-state index contributed by atoms with van der Waals surface area (Å²) in [5, 5.41) is 6.23. The molecule has 6 nitrogen and oxygen atoms in total. The largest absolute Gasteiger partial charge is 0.357 e. The number of nitrogens with one attached hydrogen (secondary N) is 3. The first-order valence-corrected chi connectivity index (χ1v) is 9.51. The van der Waals surface area contributed by atoms with E-state index >= 15 is 0 Å². The average Bonchev–Trinajstić information content (AvgIpc) is 2.47. The molecule has 0 saturated carbocycles. The van der Waals surface area contributed by atoms with Gasteiger partial charge in [0.2, 0.25) is 10.0 Å². The maximum absolute atomic E-state index is 13.5. The molecule has 1 aromatic carbocycles. The van der Waals surface area contributed by atoms with E-state index in [1.165, 1.54) is 6.07 Å². The number of sulfonamides is 1. The summed E-state index contributed by atoms with van der Waals surface area (Å²) in [5.74, 6) is 0.436. The minimum atomic E-state index is -3.15. The van der Waals surface area contributed by atoms with Crippen molar-refractivity contribution < 1.29 is 12.8 Å². The lowest BCUT2D eigenvalue weighted by Gasteiger charge is -2.11. The van der Waals surface area contributed by atoms with E-state index in [1.54, 1.807) is 12.1 Å². The summed E-state index contributed by atoms with van der Waals surface area (Å²) in [5.41, 5.74) is 0.660. The van der Waals surface area contributed by atoms with Gasteiger partial charge in [-0.1, -0.05) is 18.2 Å². The Balaban J connectivity index is 2.36. The Morgan fingerprint density at radius 1 is 1.22 bits per heavy atom. The molecule has 0 aliphatic heterocycles. The smallest absolute Gasteiger partial charge is 0.208 e. The molecule has 0 radical (unpaired) electrons. The van der Waals surface area contributed by atoms with Crippen LogP contribution in [0.5, 0.6) is 0 Å². The molecule has 0 amide bonds. The lowest BCUT2D eigenvalue weighted by atomic mass is 10.1. The number of rotatable bonds is 9. The van der Waals surface area contributed by atoms with E-state index in [1.807, 2.05) is 13.0 Å². The normalized spacial score (nSPS) is 12.2. The van der Waals surface area contributed by atoms with Gasteiger partial charge in [0, 0.05) is 26.2 Å². The number of guanidine groups is 1. The van der Waals surface area contributed by atoms with Crippen LogP contribution in [0.15, 0.2) is 29.3 Å². The van der Waals surface area contributed by atoms with Crippen LogP contribution in [-0.2, 0) is 16.4 Å². The predicted octanol–water partition coefficient (Wildman–Crippen LogP) is 0.863. The van der Waals surface area contributed by atoms with Gasteiger partial charge in [-0.3, -0.25) is 4.99 Å². The minimum Gasteiger partial charge on any atom is -0.357 e. The molecule has 0 saturated heterocycles. The summed E-state index contributed by atoms with van der Waals surface area (Å²) in [4.78, 5) is 4.35. The zero-order valence-corrected chi connectivity index (χ0v) is 14.4. The van der Waals surface area contributed by atoms with Gasteiger partial charge < -0.3 is 10.6 Å². The van der Waals surface area contributed by atoms with Crippen molar-refractivity contribution in [3.8, 4) is 0 Å². The third-order valence-electron chi connectivity index (χ3n) is 2.96. The second kappa shape index (κ2) is 10.2. The van der Waals surface area contributed by atoms with Gasteiger partial charge in [0.05, 0.1) is 6.26 Å². The van der Waals surface area contributed by atoms with Gasteiger partial charge in [-0.25, -0.2) is 17.5 Å². The van der Waals surface area contributed by atoms with E-state index in [-0.39, 0.29) is 5.82 Å². The molecule has 1 rings (SSSR count). The molecule has 3 N–H and O–H groups in total. The van der Waals surface area contributed by atoms with Gasteiger partial charge in [-0.05, 0) is 31.4 Å². The topological polar surface area (TPSA) is 82.6 Å². The van der Waals surface area contributed by atoms with E-state index in [0.29, 0.717) is 50.5 Å². The van der Waals surface area contributed by atoms with Gasteiger partial charge in [-0.15, -0.1) is 0 Å². The molecule has 1 aromatic rings. The highest BCUT2D eigenvalue weighted by atomic mass is 32.2. The van der Waals surface area contributed by atoms with Crippen molar-refractivity contribution in [1.82, 2.24) is 15.4 Å². The summed E-state index contributed by atoms with van der Waals surface area (Å²) >= 11 is 0. The van der Waals surface area contributed by atoms with Gasteiger partial charge in [0.1, 0.15) is 5.82 Å². The van der Waals surface area contributed by atoms with Crippen LogP contribution in [0.25, 0.3) is 0 Å². The molecule has 0 aromatic heterocycles. The molecule has 0 aliphatic rings. The Morgan fingerprint density at radius 3 is 2.61 bits per heavy atom. The summed E-state index contributed by atoms with van der Waals surface area (Å²) in [7, 11) is -3.15. The van der Waals surface area contributed by atoms with E-state index in [0.717, 1.165) is 6.26 Å². The van der Waals surface area contributed by atoms with Crippen molar-refractivity contribution in [3.63, 3.8) is 0 Å². The summed E-state index contributed by atoms with van der Waals surface area (Å²) in [6.45, 7) is 4.09. The van der Waals surface area contributed by atoms with E-state index in [9.17, 15) is 12.8 Å². The van der Waals surface area contributed by atoms with Crippen molar-refractivity contribution >= 4 is 16.0 Å². The quantitative estimate of drug-likeness (QED) is 0.353. The summed E-state index contributed by atoms with van der Waals surface area (Å²) in [6, 6.07) is 6.69. The molecular formula is C15H25FN4O2S.